The molecule has 0 N–H and O–H groups in total. The maximum Gasteiger partial charge on any atom is 0.129 e. The summed E-state index contributed by atoms with van der Waals surface area (Å²) < 4.78 is 0. The van der Waals surface area contributed by atoms with Gasteiger partial charge in [-0.05, 0) is 12.1 Å². The molecule has 0 radical (unpaired) electrons. The van der Waals surface area contributed by atoms with E-state index in [-0.39, 0.29) is 0 Å². The normalized spacial score (nSPS) is 9.09. The third-order valence-electron chi connectivity index (χ3n) is 1.30. The summed E-state index contributed by atoms with van der Waals surface area (Å²) in [5.41, 5.74) is 0.954. The molecule has 0 aliphatic carbocycles. The van der Waals surface area contributed by atoms with Gasteiger partial charge in [-0.15, -0.1) is 12.3 Å². The van der Waals surface area contributed by atoms with E-state index in [1.807, 2.05) is 12.1 Å². The first-order chi connectivity index (χ1) is 5.33. The van der Waals surface area contributed by atoms with Gasteiger partial charge in [0.1, 0.15) is 5.15 Å². The van der Waals surface area contributed by atoms with Gasteiger partial charge in [0.05, 0.1) is 0 Å². The fraction of sp³-hybridized carbons (Fsp3) is 0.222. The number of pyridine rings is 1. The molecule has 0 aliphatic heterocycles. The lowest BCUT2D eigenvalue weighted by atomic mass is 10.2. The average Bonchev–Trinajstić information content (AvgIpc) is 2.01. The van der Waals surface area contributed by atoms with Gasteiger partial charge in [0.2, 0.25) is 0 Å². The summed E-state index contributed by atoms with van der Waals surface area (Å²) >= 11 is 5.66. The topological polar surface area (TPSA) is 12.9 Å². The minimum Gasteiger partial charge on any atom is -0.241 e. The zero-order valence-corrected chi connectivity index (χ0v) is 6.80. The number of halogens is 1. The molecule has 0 fully saturated rings. The number of hydrogen-bond donors (Lipinski definition) is 0. The van der Waals surface area contributed by atoms with Crippen molar-refractivity contribution in [2.24, 2.45) is 0 Å². The van der Waals surface area contributed by atoms with Crippen molar-refractivity contribution in [2.75, 3.05) is 0 Å². The second kappa shape index (κ2) is 4.00. The number of hydrogen-bond acceptors (Lipinski definition) is 1. The van der Waals surface area contributed by atoms with Crippen LogP contribution in [0.5, 0.6) is 0 Å². The number of terminal acetylenes is 1. The highest BCUT2D eigenvalue weighted by Crippen LogP contribution is 2.06. The van der Waals surface area contributed by atoms with Crippen LogP contribution in [0.3, 0.4) is 0 Å². The van der Waals surface area contributed by atoms with Gasteiger partial charge in [-0.2, -0.15) is 0 Å². The fourth-order valence-electron chi connectivity index (χ4n) is 0.790. The van der Waals surface area contributed by atoms with E-state index < -0.39 is 0 Å². The van der Waals surface area contributed by atoms with Gasteiger partial charge >= 0.3 is 0 Å². The molecule has 0 saturated carbocycles. The van der Waals surface area contributed by atoms with Gasteiger partial charge in [0.25, 0.3) is 0 Å². The summed E-state index contributed by atoms with van der Waals surface area (Å²) in [6.45, 7) is 0. The van der Waals surface area contributed by atoms with Crippen LogP contribution in [0.2, 0.25) is 5.15 Å². The average molecular weight is 166 g/mol. The van der Waals surface area contributed by atoms with Crippen molar-refractivity contribution in [2.45, 2.75) is 12.8 Å². The predicted octanol–water partition coefficient (Wildman–Crippen LogP) is 2.30. The van der Waals surface area contributed by atoms with Gasteiger partial charge < -0.3 is 0 Å². The summed E-state index contributed by atoms with van der Waals surface area (Å²) in [6.07, 6.45) is 6.62. The number of rotatable bonds is 2. The van der Waals surface area contributed by atoms with Crippen molar-refractivity contribution < 1.29 is 0 Å². The van der Waals surface area contributed by atoms with Crippen LogP contribution in [0.25, 0.3) is 0 Å². The van der Waals surface area contributed by atoms with E-state index >= 15 is 0 Å². The Hall–Kier alpha value is -1.00. The summed E-state index contributed by atoms with van der Waals surface area (Å²) in [4.78, 5) is 4.08. The van der Waals surface area contributed by atoms with E-state index in [9.17, 15) is 0 Å². The molecule has 0 unspecified atom stereocenters. The predicted molar refractivity (Wildman–Crippen MR) is 46.4 cm³/mol. The van der Waals surface area contributed by atoms with Gasteiger partial charge in [0.15, 0.2) is 0 Å². The first-order valence-electron chi connectivity index (χ1n) is 3.38. The minimum atomic E-state index is 0.527. The van der Waals surface area contributed by atoms with Crippen LogP contribution in [0.1, 0.15) is 12.1 Å². The van der Waals surface area contributed by atoms with Gasteiger partial charge in [-0.25, -0.2) is 4.98 Å². The maximum absolute atomic E-state index is 5.66. The third-order valence-corrected chi connectivity index (χ3v) is 1.51. The molecule has 1 heterocycles. The Kier molecular flexibility index (Phi) is 2.95. The van der Waals surface area contributed by atoms with Crippen LogP contribution < -0.4 is 0 Å². The van der Waals surface area contributed by atoms with Crippen molar-refractivity contribution in [3.63, 3.8) is 0 Å². The molecule has 1 rings (SSSR count). The standard InChI is InChI=1S/C9H8ClN/c1-2-3-5-8-6-4-7-9(10)11-8/h1,4,6-7H,3,5H2. The van der Waals surface area contributed by atoms with Crippen LogP contribution in [0, 0.1) is 12.3 Å². The monoisotopic (exact) mass is 165 g/mol. The van der Waals surface area contributed by atoms with Crippen LogP contribution in [-0.4, -0.2) is 4.98 Å². The Morgan fingerprint density at radius 2 is 2.36 bits per heavy atom. The van der Waals surface area contributed by atoms with Gasteiger partial charge in [-0.1, -0.05) is 17.7 Å². The molecular weight excluding hydrogens is 158 g/mol. The van der Waals surface area contributed by atoms with Crippen LogP contribution in [-0.2, 0) is 6.42 Å². The summed E-state index contributed by atoms with van der Waals surface area (Å²) in [5.74, 6) is 2.55. The number of aromatic nitrogens is 1. The van der Waals surface area contributed by atoms with E-state index in [2.05, 4.69) is 10.9 Å². The number of nitrogens with zero attached hydrogens (tertiary/aromatic N) is 1. The molecule has 0 amide bonds. The third kappa shape index (κ3) is 2.61. The lowest BCUT2D eigenvalue weighted by Crippen LogP contribution is -1.87. The first kappa shape index (κ1) is 8.10. The lowest BCUT2D eigenvalue weighted by Gasteiger charge is -1.95. The second-order valence-corrected chi connectivity index (χ2v) is 2.54. The van der Waals surface area contributed by atoms with Gasteiger partial charge in [0, 0.05) is 18.5 Å². The Bertz CT molecular complexity index is 275. The van der Waals surface area contributed by atoms with Crippen molar-refractivity contribution in [3.05, 3.63) is 29.0 Å². The maximum atomic E-state index is 5.66. The molecule has 56 valence electrons. The molecule has 1 aromatic heterocycles. The van der Waals surface area contributed by atoms with Crippen molar-refractivity contribution in [3.8, 4) is 12.3 Å². The van der Waals surface area contributed by atoms with Crippen LogP contribution in [0.4, 0.5) is 0 Å². The van der Waals surface area contributed by atoms with E-state index in [0.29, 0.717) is 11.6 Å². The van der Waals surface area contributed by atoms with E-state index in [0.717, 1.165) is 12.1 Å². The molecule has 2 heteroatoms. The molecule has 0 aromatic carbocycles. The van der Waals surface area contributed by atoms with Crippen molar-refractivity contribution in [1.82, 2.24) is 4.98 Å². The summed E-state index contributed by atoms with van der Waals surface area (Å²) in [7, 11) is 0. The summed E-state index contributed by atoms with van der Waals surface area (Å²) in [5, 5.41) is 0.527. The molecule has 0 spiro atoms. The fourth-order valence-corrected chi connectivity index (χ4v) is 0.971. The Morgan fingerprint density at radius 1 is 1.55 bits per heavy atom. The quantitative estimate of drug-likeness (QED) is 0.484. The Balaban J connectivity index is 2.65. The molecule has 0 bridgehead atoms. The Morgan fingerprint density at radius 3 is 3.00 bits per heavy atom. The molecule has 11 heavy (non-hydrogen) atoms. The molecule has 0 saturated heterocycles. The highest BCUT2D eigenvalue weighted by Gasteiger charge is 1.92. The second-order valence-electron chi connectivity index (χ2n) is 2.16. The highest BCUT2D eigenvalue weighted by molar-refractivity contribution is 6.29. The van der Waals surface area contributed by atoms with E-state index in [4.69, 9.17) is 18.0 Å². The van der Waals surface area contributed by atoms with Gasteiger partial charge in [-0.3, -0.25) is 0 Å². The van der Waals surface area contributed by atoms with E-state index in [1.54, 1.807) is 6.07 Å². The lowest BCUT2D eigenvalue weighted by molar-refractivity contribution is 0.963. The Labute approximate surface area is 71.4 Å². The van der Waals surface area contributed by atoms with E-state index in [1.165, 1.54) is 0 Å². The number of aryl methyl sites for hydroxylation is 1. The molecule has 0 atom stereocenters. The first-order valence-corrected chi connectivity index (χ1v) is 3.75. The zero-order chi connectivity index (χ0) is 8.10. The largest absolute Gasteiger partial charge is 0.241 e. The van der Waals surface area contributed by atoms with Crippen LogP contribution >= 0.6 is 11.6 Å². The molecule has 0 aliphatic rings. The zero-order valence-electron chi connectivity index (χ0n) is 6.05. The minimum absolute atomic E-state index is 0.527. The summed E-state index contributed by atoms with van der Waals surface area (Å²) in [6, 6.07) is 5.55. The van der Waals surface area contributed by atoms with Crippen molar-refractivity contribution in [1.29, 1.82) is 0 Å². The smallest absolute Gasteiger partial charge is 0.129 e. The highest BCUT2D eigenvalue weighted by atomic mass is 35.5. The van der Waals surface area contributed by atoms with Crippen LogP contribution in [0.15, 0.2) is 18.2 Å². The molecule has 1 aromatic rings. The molecule has 1 nitrogen and oxygen atoms in total. The SMILES string of the molecule is C#CCCc1cccc(Cl)n1. The van der Waals surface area contributed by atoms with Crippen molar-refractivity contribution >= 4 is 11.6 Å². The molecular formula is C9H8ClN.